The van der Waals surface area contributed by atoms with Crippen LogP contribution < -0.4 is 0 Å². The highest BCUT2D eigenvalue weighted by molar-refractivity contribution is 5.78. The number of para-hydroxylation sites is 3. The van der Waals surface area contributed by atoms with Crippen LogP contribution in [-0.4, -0.2) is 9.55 Å². The van der Waals surface area contributed by atoms with Crippen LogP contribution >= 0.6 is 0 Å². The molecule has 2 nitrogen and oxygen atoms in total. The van der Waals surface area contributed by atoms with Gasteiger partial charge in [0, 0.05) is 12.1 Å². The van der Waals surface area contributed by atoms with Gasteiger partial charge in [-0.15, -0.1) is 0 Å². The Morgan fingerprint density at radius 1 is 0.900 bits per heavy atom. The highest BCUT2D eigenvalue weighted by Gasteiger charge is 2.11. The lowest BCUT2D eigenvalue weighted by molar-refractivity contribution is 0.689. The molecular weight excluding hydrogens is 244 g/mol. The SMILES string of the molecule is CCCCCc1nc2ccccc2n1-c1ccccc1. The fourth-order valence-electron chi connectivity index (χ4n) is 2.64. The number of benzene rings is 2. The standard InChI is InChI=1S/C18H20N2/c1-2-3-5-14-18-19-16-12-8-9-13-17(16)20(18)15-10-6-4-7-11-15/h4,6-13H,2-3,5,14H2,1H3. The summed E-state index contributed by atoms with van der Waals surface area (Å²) in [6, 6.07) is 18.9. The number of fused-ring (bicyclic) bond motifs is 1. The minimum atomic E-state index is 1.04. The van der Waals surface area contributed by atoms with E-state index in [0.717, 1.165) is 11.9 Å². The molecule has 0 fully saturated rings. The number of unbranched alkanes of at least 4 members (excludes halogenated alkanes) is 2. The van der Waals surface area contributed by atoms with E-state index in [4.69, 9.17) is 4.98 Å². The summed E-state index contributed by atoms with van der Waals surface area (Å²) < 4.78 is 2.30. The average Bonchev–Trinajstić information content (AvgIpc) is 2.86. The summed E-state index contributed by atoms with van der Waals surface area (Å²) in [5, 5.41) is 0. The molecule has 2 aromatic carbocycles. The number of rotatable bonds is 5. The Bertz CT molecular complexity index is 683. The van der Waals surface area contributed by atoms with Crippen LogP contribution in [0.1, 0.15) is 32.0 Å². The van der Waals surface area contributed by atoms with E-state index < -0.39 is 0 Å². The van der Waals surface area contributed by atoms with Gasteiger partial charge in [-0.05, 0) is 30.7 Å². The number of nitrogens with zero attached hydrogens (tertiary/aromatic N) is 2. The summed E-state index contributed by atoms with van der Waals surface area (Å²) in [4.78, 5) is 4.82. The molecule has 20 heavy (non-hydrogen) atoms. The van der Waals surface area contributed by atoms with Crippen LogP contribution in [0.25, 0.3) is 16.7 Å². The molecule has 0 radical (unpaired) electrons. The monoisotopic (exact) mass is 264 g/mol. The molecule has 0 saturated carbocycles. The van der Waals surface area contributed by atoms with Crippen molar-refractivity contribution in [2.24, 2.45) is 0 Å². The molecule has 0 N–H and O–H groups in total. The second-order valence-corrected chi connectivity index (χ2v) is 5.14. The van der Waals surface area contributed by atoms with Crippen molar-refractivity contribution in [2.75, 3.05) is 0 Å². The first-order chi connectivity index (χ1) is 9.90. The van der Waals surface area contributed by atoms with E-state index in [-0.39, 0.29) is 0 Å². The van der Waals surface area contributed by atoms with Crippen molar-refractivity contribution >= 4 is 11.0 Å². The fraction of sp³-hybridized carbons (Fsp3) is 0.278. The molecule has 3 rings (SSSR count). The number of hydrogen-bond acceptors (Lipinski definition) is 1. The molecule has 0 bridgehead atoms. The lowest BCUT2D eigenvalue weighted by Crippen LogP contribution is -2.01. The zero-order chi connectivity index (χ0) is 13.8. The van der Waals surface area contributed by atoms with Crippen molar-refractivity contribution in [3.8, 4) is 5.69 Å². The highest BCUT2D eigenvalue weighted by Crippen LogP contribution is 2.22. The van der Waals surface area contributed by atoms with Gasteiger partial charge < -0.3 is 0 Å². The topological polar surface area (TPSA) is 17.8 Å². The lowest BCUT2D eigenvalue weighted by Gasteiger charge is -2.09. The van der Waals surface area contributed by atoms with Crippen LogP contribution in [0.3, 0.4) is 0 Å². The van der Waals surface area contributed by atoms with E-state index in [0.29, 0.717) is 0 Å². The average molecular weight is 264 g/mol. The molecule has 2 heteroatoms. The quantitative estimate of drug-likeness (QED) is 0.608. The fourth-order valence-corrected chi connectivity index (χ4v) is 2.64. The van der Waals surface area contributed by atoms with Crippen molar-refractivity contribution < 1.29 is 0 Å². The van der Waals surface area contributed by atoms with Gasteiger partial charge in [0.25, 0.3) is 0 Å². The maximum absolute atomic E-state index is 4.82. The van der Waals surface area contributed by atoms with Gasteiger partial charge in [-0.1, -0.05) is 50.1 Å². The number of imidazole rings is 1. The lowest BCUT2D eigenvalue weighted by atomic mass is 10.2. The summed E-state index contributed by atoms with van der Waals surface area (Å²) in [5.41, 5.74) is 3.49. The van der Waals surface area contributed by atoms with Crippen molar-refractivity contribution in [2.45, 2.75) is 32.6 Å². The molecule has 0 amide bonds. The van der Waals surface area contributed by atoms with Crippen molar-refractivity contribution in [3.63, 3.8) is 0 Å². The Balaban J connectivity index is 2.09. The van der Waals surface area contributed by atoms with Gasteiger partial charge in [0.2, 0.25) is 0 Å². The second-order valence-electron chi connectivity index (χ2n) is 5.14. The first kappa shape index (κ1) is 12.9. The minimum absolute atomic E-state index is 1.04. The first-order valence-electron chi connectivity index (χ1n) is 7.42. The predicted molar refractivity (Wildman–Crippen MR) is 84.3 cm³/mol. The summed E-state index contributed by atoms with van der Waals surface area (Å²) in [6.07, 6.45) is 4.74. The summed E-state index contributed by atoms with van der Waals surface area (Å²) >= 11 is 0. The summed E-state index contributed by atoms with van der Waals surface area (Å²) in [5.74, 6) is 1.17. The van der Waals surface area contributed by atoms with E-state index in [1.165, 1.54) is 36.3 Å². The highest BCUT2D eigenvalue weighted by atomic mass is 15.1. The normalized spacial score (nSPS) is 11.1. The zero-order valence-corrected chi connectivity index (χ0v) is 11.9. The molecule has 1 heterocycles. The number of hydrogen-bond donors (Lipinski definition) is 0. The zero-order valence-electron chi connectivity index (χ0n) is 11.9. The van der Waals surface area contributed by atoms with Crippen LogP contribution in [0.15, 0.2) is 54.6 Å². The third-order valence-corrected chi connectivity index (χ3v) is 3.65. The predicted octanol–water partition coefficient (Wildman–Crippen LogP) is 4.76. The second kappa shape index (κ2) is 5.91. The molecule has 3 aromatic rings. The molecule has 0 unspecified atom stereocenters. The third kappa shape index (κ3) is 2.46. The van der Waals surface area contributed by atoms with Gasteiger partial charge in [0.1, 0.15) is 5.82 Å². The Labute approximate surface area is 120 Å². The van der Waals surface area contributed by atoms with E-state index in [1.807, 2.05) is 0 Å². The molecule has 1 aromatic heterocycles. The molecular formula is C18H20N2. The molecule has 0 aliphatic carbocycles. The molecule has 0 saturated heterocycles. The Morgan fingerprint density at radius 2 is 1.65 bits per heavy atom. The van der Waals surface area contributed by atoms with Crippen LogP contribution in [0.2, 0.25) is 0 Å². The van der Waals surface area contributed by atoms with Gasteiger partial charge in [-0.25, -0.2) is 4.98 Å². The van der Waals surface area contributed by atoms with Gasteiger partial charge in [0.15, 0.2) is 0 Å². The van der Waals surface area contributed by atoms with Crippen molar-refractivity contribution in [1.29, 1.82) is 0 Å². The molecule has 0 aliphatic heterocycles. The first-order valence-corrected chi connectivity index (χ1v) is 7.42. The van der Waals surface area contributed by atoms with Crippen LogP contribution in [0, 0.1) is 0 Å². The molecule has 0 aliphatic rings. The van der Waals surface area contributed by atoms with Crippen LogP contribution in [0.5, 0.6) is 0 Å². The van der Waals surface area contributed by atoms with Crippen LogP contribution in [-0.2, 0) is 6.42 Å². The maximum Gasteiger partial charge on any atom is 0.114 e. The Hall–Kier alpha value is -2.09. The number of aryl methyl sites for hydroxylation is 1. The third-order valence-electron chi connectivity index (χ3n) is 3.65. The van der Waals surface area contributed by atoms with E-state index >= 15 is 0 Å². The van der Waals surface area contributed by atoms with Gasteiger partial charge >= 0.3 is 0 Å². The molecule has 102 valence electrons. The molecule has 0 spiro atoms. The Kier molecular flexibility index (Phi) is 3.82. The van der Waals surface area contributed by atoms with E-state index in [9.17, 15) is 0 Å². The van der Waals surface area contributed by atoms with E-state index in [2.05, 4.69) is 66.1 Å². The Morgan fingerprint density at radius 3 is 2.45 bits per heavy atom. The summed E-state index contributed by atoms with van der Waals surface area (Å²) in [7, 11) is 0. The number of aromatic nitrogens is 2. The van der Waals surface area contributed by atoms with E-state index in [1.54, 1.807) is 0 Å². The van der Waals surface area contributed by atoms with Crippen molar-refractivity contribution in [3.05, 3.63) is 60.4 Å². The van der Waals surface area contributed by atoms with Crippen molar-refractivity contribution in [1.82, 2.24) is 9.55 Å². The van der Waals surface area contributed by atoms with Gasteiger partial charge in [0.05, 0.1) is 11.0 Å². The van der Waals surface area contributed by atoms with Gasteiger partial charge in [-0.2, -0.15) is 0 Å². The smallest absolute Gasteiger partial charge is 0.114 e. The summed E-state index contributed by atoms with van der Waals surface area (Å²) in [6.45, 7) is 2.24. The van der Waals surface area contributed by atoms with Crippen LogP contribution in [0.4, 0.5) is 0 Å². The maximum atomic E-state index is 4.82. The van der Waals surface area contributed by atoms with Gasteiger partial charge in [-0.3, -0.25) is 4.57 Å². The molecule has 0 atom stereocenters. The largest absolute Gasteiger partial charge is 0.296 e. The minimum Gasteiger partial charge on any atom is -0.296 e.